The first-order chi connectivity index (χ1) is 14.3. The van der Waals surface area contributed by atoms with Crippen molar-refractivity contribution in [3.8, 4) is 0 Å². The first-order valence-electron chi connectivity index (χ1n) is 9.52. The number of rotatable bonds is 6. The van der Waals surface area contributed by atoms with Crippen LogP contribution < -0.4 is 5.73 Å². The number of hydrogen-bond donors (Lipinski definition) is 2. The van der Waals surface area contributed by atoms with Gasteiger partial charge >= 0.3 is 5.97 Å². The molecule has 1 atom stereocenters. The molecule has 1 heterocycles. The molecular weight excluding hydrogens is 382 g/mol. The molecule has 154 valence electrons. The number of carbonyl (C=O) groups excluding carboxylic acids is 2. The number of aryl methyl sites for hydroxylation is 2. The van der Waals surface area contributed by atoms with E-state index in [0.29, 0.717) is 16.6 Å². The molecule has 3 N–H and O–H groups in total. The molecule has 30 heavy (non-hydrogen) atoms. The Balaban J connectivity index is 2.22. The van der Waals surface area contributed by atoms with Crippen molar-refractivity contribution < 1.29 is 19.4 Å². The predicted octanol–water partition coefficient (Wildman–Crippen LogP) is 3.43. The number of nitrogens with two attached hydrogens (primary N) is 1. The third kappa shape index (κ3) is 4.30. The maximum atomic E-state index is 12.4. The molecule has 7 heteroatoms. The molecule has 0 spiro atoms. The summed E-state index contributed by atoms with van der Waals surface area (Å²) in [4.78, 5) is 33.6. The van der Waals surface area contributed by atoms with E-state index in [4.69, 9.17) is 10.5 Å². The van der Waals surface area contributed by atoms with Crippen LogP contribution in [0.2, 0.25) is 0 Å². The van der Waals surface area contributed by atoms with E-state index in [1.165, 1.54) is 6.08 Å². The molecule has 0 fully saturated rings. The molecule has 7 nitrogen and oxygen atoms in total. The number of amides is 1. The van der Waals surface area contributed by atoms with E-state index in [2.05, 4.69) is 9.97 Å². The summed E-state index contributed by atoms with van der Waals surface area (Å²) in [7, 11) is 0. The van der Waals surface area contributed by atoms with Gasteiger partial charge in [-0.2, -0.15) is 0 Å². The smallest absolute Gasteiger partial charge is 0.324 e. The second-order valence-electron chi connectivity index (χ2n) is 6.92. The predicted molar refractivity (Wildman–Crippen MR) is 115 cm³/mol. The van der Waals surface area contributed by atoms with E-state index < -0.39 is 17.8 Å². The van der Waals surface area contributed by atoms with Gasteiger partial charge in [0.15, 0.2) is 5.92 Å². The van der Waals surface area contributed by atoms with Gasteiger partial charge < -0.3 is 15.6 Å². The molecular formula is C23H23N3O4. The Hall–Kier alpha value is -3.74. The van der Waals surface area contributed by atoms with Crippen LogP contribution in [0.4, 0.5) is 0 Å². The third-order valence-electron chi connectivity index (χ3n) is 4.64. The fourth-order valence-electron chi connectivity index (χ4n) is 3.24. The maximum Gasteiger partial charge on any atom is 0.324 e. The summed E-state index contributed by atoms with van der Waals surface area (Å²) in [5, 5.41) is 10.8. The number of aliphatic hydroxyl groups excluding tert-OH is 1. The topological polar surface area (TPSA) is 115 Å². The van der Waals surface area contributed by atoms with Crippen LogP contribution >= 0.6 is 0 Å². The van der Waals surface area contributed by atoms with E-state index in [0.717, 1.165) is 11.1 Å². The molecule has 3 aromatic rings. The number of nitrogens with zero attached hydrogens (tertiary/aromatic N) is 2. The summed E-state index contributed by atoms with van der Waals surface area (Å²) in [5.41, 5.74) is 9.29. The van der Waals surface area contributed by atoms with Gasteiger partial charge in [0.2, 0.25) is 5.91 Å². The maximum absolute atomic E-state index is 12.4. The van der Waals surface area contributed by atoms with Gasteiger partial charge in [0.05, 0.1) is 29.0 Å². The number of aromatic nitrogens is 2. The lowest BCUT2D eigenvalue weighted by Crippen LogP contribution is -2.31. The highest BCUT2D eigenvalue weighted by molar-refractivity contribution is 6.03. The molecule has 0 bridgehead atoms. The standard InChI is InChI=1S/C23H23N3O4/c1-4-30-23(29)20(22(24)28)21-18(25-16-7-5-6-8-17(16)26-21)12-19(27)15-10-9-13(2)11-14(15)3/h5-12,20,27H,4H2,1-3H3,(H2,24,28)/b19-12-. The van der Waals surface area contributed by atoms with Crippen LogP contribution in [0.1, 0.15) is 40.9 Å². The Morgan fingerprint density at radius 3 is 2.40 bits per heavy atom. The Morgan fingerprint density at radius 2 is 1.80 bits per heavy atom. The largest absolute Gasteiger partial charge is 0.507 e. The van der Waals surface area contributed by atoms with Gasteiger partial charge in [-0.1, -0.05) is 35.9 Å². The number of hydrogen-bond acceptors (Lipinski definition) is 6. The minimum Gasteiger partial charge on any atom is -0.507 e. The lowest BCUT2D eigenvalue weighted by molar-refractivity contribution is -0.147. The normalized spacial score (nSPS) is 12.6. The summed E-state index contributed by atoms with van der Waals surface area (Å²) in [5.74, 6) is -3.22. The van der Waals surface area contributed by atoms with E-state index in [1.807, 2.05) is 26.0 Å². The molecule has 0 saturated heterocycles. The summed E-state index contributed by atoms with van der Waals surface area (Å²) in [6.45, 7) is 5.56. The van der Waals surface area contributed by atoms with Gasteiger partial charge in [0.1, 0.15) is 5.76 Å². The monoisotopic (exact) mass is 405 g/mol. The van der Waals surface area contributed by atoms with Gasteiger partial charge in [-0.3, -0.25) is 9.59 Å². The minimum atomic E-state index is -1.44. The minimum absolute atomic E-state index is 0.0379. The van der Waals surface area contributed by atoms with Crippen molar-refractivity contribution in [1.82, 2.24) is 9.97 Å². The van der Waals surface area contributed by atoms with Crippen molar-refractivity contribution in [3.05, 3.63) is 70.5 Å². The van der Waals surface area contributed by atoms with Gasteiger partial charge in [-0.25, -0.2) is 9.97 Å². The summed E-state index contributed by atoms with van der Waals surface area (Å²) < 4.78 is 5.02. The highest BCUT2D eigenvalue weighted by Crippen LogP contribution is 2.26. The molecule has 3 rings (SSSR count). The zero-order chi connectivity index (χ0) is 21.8. The second-order valence-corrected chi connectivity index (χ2v) is 6.92. The zero-order valence-electron chi connectivity index (χ0n) is 17.0. The van der Waals surface area contributed by atoms with Crippen LogP contribution in [0.15, 0.2) is 42.5 Å². The van der Waals surface area contributed by atoms with Crippen molar-refractivity contribution in [1.29, 1.82) is 0 Å². The van der Waals surface area contributed by atoms with Crippen LogP contribution in [-0.4, -0.2) is 33.6 Å². The molecule has 0 aliphatic rings. The highest BCUT2D eigenvalue weighted by atomic mass is 16.5. The molecule has 0 aliphatic carbocycles. The van der Waals surface area contributed by atoms with Crippen LogP contribution in [-0.2, 0) is 14.3 Å². The van der Waals surface area contributed by atoms with Crippen molar-refractivity contribution in [2.45, 2.75) is 26.7 Å². The number of carbonyl (C=O) groups is 2. The Bertz CT molecular complexity index is 1150. The summed E-state index contributed by atoms with van der Waals surface area (Å²) in [6.07, 6.45) is 1.39. The average molecular weight is 405 g/mol. The fraction of sp³-hybridized carbons (Fsp3) is 0.217. The van der Waals surface area contributed by atoms with Crippen molar-refractivity contribution in [2.75, 3.05) is 6.61 Å². The van der Waals surface area contributed by atoms with Crippen molar-refractivity contribution in [3.63, 3.8) is 0 Å². The molecule has 0 saturated carbocycles. The van der Waals surface area contributed by atoms with Crippen LogP contribution in [0, 0.1) is 13.8 Å². The molecule has 0 radical (unpaired) electrons. The third-order valence-corrected chi connectivity index (χ3v) is 4.64. The van der Waals surface area contributed by atoms with E-state index in [9.17, 15) is 14.7 Å². The average Bonchev–Trinajstić information content (AvgIpc) is 2.68. The van der Waals surface area contributed by atoms with Crippen LogP contribution in [0.25, 0.3) is 22.9 Å². The molecule has 1 aromatic heterocycles. The van der Waals surface area contributed by atoms with Gasteiger partial charge in [0, 0.05) is 11.6 Å². The number of ether oxygens (including phenoxy) is 1. The summed E-state index contributed by atoms with van der Waals surface area (Å²) >= 11 is 0. The molecule has 2 aromatic carbocycles. The van der Waals surface area contributed by atoms with Crippen LogP contribution in [0.5, 0.6) is 0 Å². The molecule has 1 unspecified atom stereocenters. The highest BCUT2D eigenvalue weighted by Gasteiger charge is 2.32. The number of aliphatic hydroxyl groups is 1. The number of para-hydroxylation sites is 2. The number of esters is 1. The zero-order valence-corrected chi connectivity index (χ0v) is 17.0. The Labute approximate surface area is 174 Å². The van der Waals surface area contributed by atoms with E-state index in [-0.39, 0.29) is 23.8 Å². The fourth-order valence-corrected chi connectivity index (χ4v) is 3.24. The Kier molecular flexibility index (Phi) is 6.11. The van der Waals surface area contributed by atoms with Gasteiger partial charge in [-0.15, -0.1) is 0 Å². The number of fused-ring (bicyclic) bond motifs is 1. The van der Waals surface area contributed by atoms with Gasteiger partial charge in [-0.05, 0) is 38.5 Å². The number of benzene rings is 2. The SMILES string of the molecule is CCOC(=O)C(C(N)=O)c1nc2ccccc2nc1/C=C(\O)c1ccc(C)cc1C. The second kappa shape index (κ2) is 8.73. The number of primary amides is 1. The van der Waals surface area contributed by atoms with Crippen molar-refractivity contribution >= 4 is 34.7 Å². The van der Waals surface area contributed by atoms with E-state index in [1.54, 1.807) is 37.3 Å². The quantitative estimate of drug-likeness (QED) is 0.369. The van der Waals surface area contributed by atoms with Crippen molar-refractivity contribution in [2.24, 2.45) is 5.73 Å². The van der Waals surface area contributed by atoms with E-state index >= 15 is 0 Å². The summed E-state index contributed by atoms with van der Waals surface area (Å²) in [6, 6.07) is 12.6. The lowest BCUT2D eigenvalue weighted by atomic mass is 9.99. The first kappa shape index (κ1) is 21.0. The molecule has 0 aliphatic heterocycles. The van der Waals surface area contributed by atoms with Crippen LogP contribution in [0.3, 0.4) is 0 Å². The molecule has 1 amide bonds. The lowest BCUT2D eigenvalue weighted by Gasteiger charge is -2.15. The van der Waals surface area contributed by atoms with Gasteiger partial charge in [0.25, 0.3) is 0 Å². The first-order valence-corrected chi connectivity index (χ1v) is 9.52. The Morgan fingerprint density at radius 1 is 1.13 bits per heavy atom.